The van der Waals surface area contributed by atoms with E-state index >= 15 is 0 Å². The number of ether oxygens (including phenoxy) is 2. The minimum absolute atomic E-state index is 0.107. The summed E-state index contributed by atoms with van der Waals surface area (Å²) >= 11 is 2.74. The Bertz CT molecular complexity index is 1140. The summed E-state index contributed by atoms with van der Waals surface area (Å²) in [6, 6.07) is 3.49. The molecule has 1 fully saturated rings. The molecule has 0 saturated heterocycles. The first-order chi connectivity index (χ1) is 16.5. The second-order valence-electron chi connectivity index (χ2n) is 7.98. The van der Waals surface area contributed by atoms with Gasteiger partial charge in [-0.2, -0.15) is 0 Å². The molecule has 0 aliphatic heterocycles. The van der Waals surface area contributed by atoms with E-state index < -0.39 is 0 Å². The fourth-order valence-electron chi connectivity index (χ4n) is 3.82. The van der Waals surface area contributed by atoms with Crippen LogP contribution in [0.15, 0.2) is 18.3 Å². The Balaban J connectivity index is 1.32. The number of nitrogens with one attached hydrogen (secondary N) is 1. The predicted octanol–water partition coefficient (Wildman–Crippen LogP) is 3.47. The third-order valence-electron chi connectivity index (χ3n) is 5.44. The van der Waals surface area contributed by atoms with E-state index in [9.17, 15) is 9.70 Å². The Labute approximate surface area is 204 Å². The summed E-state index contributed by atoms with van der Waals surface area (Å²) in [5, 5.41) is 22.2. The van der Waals surface area contributed by atoms with Crippen molar-refractivity contribution in [2.45, 2.75) is 43.9 Å². The van der Waals surface area contributed by atoms with Crippen molar-refractivity contribution >= 4 is 38.8 Å². The van der Waals surface area contributed by atoms with Crippen molar-refractivity contribution in [2.75, 3.05) is 32.7 Å². The molecule has 34 heavy (non-hydrogen) atoms. The van der Waals surface area contributed by atoms with Crippen molar-refractivity contribution in [3.8, 4) is 5.75 Å². The molecule has 1 saturated carbocycles. The van der Waals surface area contributed by atoms with Gasteiger partial charge in [0.05, 0.1) is 23.8 Å². The van der Waals surface area contributed by atoms with Crippen LogP contribution in [0.1, 0.15) is 53.2 Å². The number of aromatic nitrogens is 5. The number of nitroso groups, excluding NO2 is 1. The molecule has 4 rings (SSSR count). The van der Waals surface area contributed by atoms with Gasteiger partial charge < -0.3 is 14.8 Å². The molecular weight excluding hydrogens is 478 g/mol. The number of nitrogens with zero attached hydrogens (tertiary/aromatic N) is 6. The molecule has 2 atom stereocenters. The maximum atomic E-state index is 12.5. The maximum Gasteiger partial charge on any atom is 0.447 e. The van der Waals surface area contributed by atoms with E-state index in [1.807, 2.05) is 0 Å². The summed E-state index contributed by atoms with van der Waals surface area (Å²) in [6.45, 7) is 0.913. The summed E-state index contributed by atoms with van der Waals surface area (Å²) in [5.41, 5.74) is 0.604. The number of pyridine rings is 1. The number of hydrogen-bond donors (Lipinski definition) is 1. The standard InChI is InChI=1S/C21H25N7O4S2/c1-28(30)21-27-25-19(34-21)14-5-3-4-13(10-14)18-24-26-20(33-18)23-17(29)12-15-11-16(6-7-22-15)32-9-8-31-2/h6-7,11,13-14H,3-5,8-10,12H2,1-2H3/p+1. The van der Waals surface area contributed by atoms with Crippen molar-refractivity contribution < 1.29 is 19.0 Å². The van der Waals surface area contributed by atoms with Gasteiger partial charge in [-0.25, -0.2) is 0 Å². The van der Waals surface area contributed by atoms with E-state index in [4.69, 9.17) is 9.47 Å². The summed E-state index contributed by atoms with van der Waals surface area (Å²) in [7, 11) is 3.04. The molecule has 180 valence electrons. The van der Waals surface area contributed by atoms with Crippen LogP contribution in [0.3, 0.4) is 0 Å². The van der Waals surface area contributed by atoms with E-state index in [0.717, 1.165) is 40.5 Å². The van der Waals surface area contributed by atoms with Gasteiger partial charge in [0.1, 0.15) is 24.4 Å². The third kappa shape index (κ3) is 6.36. The molecule has 1 N–H and O–H groups in total. The fraction of sp³-hybridized carbons (Fsp3) is 0.524. The number of rotatable bonds is 10. The topological polar surface area (TPSA) is 132 Å². The molecule has 3 aromatic rings. The van der Waals surface area contributed by atoms with Gasteiger partial charge in [0.2, 0.25) is 11.0 Å². The summed E-state index contributed by atoms with van der Waals surface area (Å²) in [6.07, 6.45) is 5.65. The minimum Gasteiger partial charge on any atom is -0.491 e. The average molecular weight is 505 g/mol. The zero-order valence-corrected chi connectivity index (χ0v) is 20.6. The number of hydrogen-bond acceptors (Lipinski definition) is 11. The molecule has 0 spiro atoms. The summed E-state index contributed by atoms with van der Waals surface area (Å²) < 4.78 is 11.3. The second kappa shape index (κ2) is 11.5. The van der Waals surface area contributed by atoms with Crippen LogP contribution >= 0.6 is 22.7 Å². The quantitative estimate of drug-likeness (QED) is 0.325. The molecule has 1 aliphatic rings. The Morgan fingerprint density at radius 2 is 1.91 bits per heavy atom. The number of anilines is 1. The average Bonchev–Trinajstić information content (AvgIpc) is 3.50. The summed E-state index contributed by atoms with van der Waals surface area (Å²) in [4.78, 5) is 28.2. The van der Waals surface area contributed by atoms with Crippen LogP contribution in [0.25, 0.3) is 0 Å². The van der Waals surface area contributed by atoms with E-state index in [1.165, 1.54) is 29.7 Å². The molecule has 13 heteroatoms. The monoisotopic (exact) mass is 504 g/mol. The van der Waals surface area contributed by atoms with Crippen LogP contribution < -0.4 is 10.1 Å². The number of methoxy groups -OCH3 is 1. The normalized spacial score (nSPS) is 17.9. The number of carbonyl (C=O) groups excluding carboxylic acids is 1. The van der Waals surface area contributed by atoms with Crippen molar-refractivity contribution in [2.24, 2.45) is 0 Å². The Kier molecular flexibility index (Phi) is 8.19. The lowest BCUT2D eigenvalue weighted by atomic mass is 9.82. The van der Waals surface area contributed by atoms with Crippen LogP contribution in [-0.4, -0.2) is 63.4 Å². The molecule has 3 heterocycles. The predicted molar refractivity (Wildman–Crippen MR) is 127 cm³/mol. The molecule has 1 amide bonds. The maximum absolute atomic E-state index is 12.5. The smallest absolute Gasteiger partial charge is 0.447 e. The van der Waals surface area contributed by atoms with E-state index in [-0.39, 0.29) is 24.2 Å². The molecule has 3 aromatic heterocycles. The Morgan fingerprint density at radius 1 is 1.15 bits per heavy atom. The Hall–Kier alpha value is -2.90. The highest BCUT2D eigenvalue weighted by molar-refractivity contribution is 7.15. The van der Waals surface area contributed by atoms with Crippen LogP contribution in [-0.2, 0) is 16.0 Å². The highest BCUT2D eigenvalue weighted by Gasteiger charge is 2.31. The van der Waals surface area contributed by atoms with Crippen molar-refractivity contribution in [1.82, 2.24) is 25.4 Å². The van der Waals surface area contributed by atoms with Gasteiger partial charge in [0, 0.05) is 31.2 Å². The first kappa shape index (κ1) is 24.2. The SMILES string of the molecule is COCCOc1ccnc(CC(=O)Nc2nnc(C3CCCC(c4nnc([N+](C)=O)s4)C3)s2)c1. The highest BCUT2D eigenvalue weighted by atomic mass is 32.1. The lowest BCUT2D eigenvalue weighted by molar-refractivity contribution is -0.428. The van der Waals surface area contributed by atoms with Crippen molar-refractivity contribution in [1.29, 1.82) is 0 Å². The van der Waals surface area contributed by atoms with Crippen LogP contribution in [0.2, 0.25) is 0 Å². The van der Waals surface area contributed by atoms with Gasteiger partial charge in [-0.1, -0.05) is 22.7 Å². The van der Waals surface area contributed by atoms with E-state index in [1.54, 1.807) is 25.4 Å². The molecule has 2 unspecified atom stereocenters. The molecule has 1 aliphatic carbocycles. The van der Waals surface area contributed by atoms with Gasteiger partial charge >= 0.3 is 5.13 Å². The molecule has 0 bridgehead atoms. The first-order valence-electron chi connectivity index (χ1n) is 11.0. The molecule has 11 nitrogen and oxygen atoms in total. The minimum atomic E-state index is -0.214. The number of amides is 1. The van der Waals surface area contributed by atoms with Crippen LogP contribution in [0.5, 0.6) is 5.75 Å². The Morgan fingerprint density at radius 3 is 2.65 bits per heavy atom. The summed E-state index contributed by atoms with van der Waals surface area (Å²) in [5.74, 6) is 0.913. The number of carbonyl (C=O) groups is 1. The van der Waals surface area contributed by atoms with Gasteiger partial charge in [-0.05, 0) is 46.5 Å². The van der Waals surface area contributed by atoms with Crippen LogP contribution in [0, 0.1) is 4.91 Å². The highest BCUT2D eigenvalue weighted by Crippen LogP contribution is 2.43. The van der Waals surface area contributed by atoms with Crippen LogP contribution in [0.4, 0.5) is 10.3 Å². The molecule has 0 radical (unpaired) electrons. The van der Waals surface area contributed by atoms with Crippen molar-refractivity contribution in [3.05, 3.63) is 38.9 Å². The fourth-order valence-corrected chi connectivity index (χ4v) is 5.59. The second-order valence-corrected chi connectivity index (χ2v) is 9.97. The zero-order chi connectivity index (χ0) is 23.9. The lowest BCUT2D eigenvalue weighted by Gasteiger charge is -2.25. The zero-order valence-electron chi connectivity index (χ0n) is 19.0. The largest absolute Gasteiger partial charge is 0.491 e. The van der Waals surface area contributed by atoms with Gasteiger partial charge in [0.15, 0.2) is 5.01 Å². The molecular formula is C21H26N7O4S2+. The van der Waals surface area contributed by atoms with E-state index in [2.05, 4.69) is 30.7 Å². The van der Waals surface area contributed by atoms with Crippen molar-refractivity contribution in [3.63, 3.8) is 0 Å². The third-order valence-corrected chi connectivity index (χ3v) is 7.59. The first-order valence-corrected chi connectivity index (χ1v) is 12.6. The lowest BCUT2D eigenvalue weighted by Crippen LogP contribution is -2.15. The molecule has 0 aromatic carbocycles. The van der Waals surface area contributed by atoms with Gasteiger partial charge in [0.25, 0.3) is 0 Å². The van der Waals surface area contributed by atoms with Gasteiger partial charge in [-0.15, -0.1) is 10.2 Å². The van der Waals surface area contributed by atoms with E-state index in [0.29, 0.717) is 34.9 Å². The van der Waals surface area contributed by atoms with Gasteiger partial charge in [-0.3, -0.25) is 9.78 Å².